The summed E-state index contributed by atoms with van der Waals surface area (Å²) in [5, 5.41) is 4.56. The molecule has 1 unspecified atom stereocenters. The molecule has 0 bridgehead atoms. The van der Waals surface area contributed by atoms with Gasteiger partial charge in [-0.1, -0.05) is 0 Å². The van der Waals surface area contributed by atoms with Crippen LogP contribution in [0.2, 0.25) is 0 Å². The average molecular weight is 287 g/mol. The van der Waals surface area contributed by atoms with E-state index in [2.05, 4.69) is 36.0 Å². The molecule has 0 aliphatic carbocycles. The molecule has 1 aromatic carbocycles. The molecule has 0 saturated carbocycles. The predicted molar refractivity (Wildman–Crippen MR) is 81.9 cm³/mol. The summed E-state index contributed by atoms with van der Waals surface area (Å²) in [6.45, 7) is 3.90. The van der Waals surface area contributed by atoms with E-state index in [0.717, 1.165) is 24.3 Å². The molecule has 2 aromatic rings. The Morgan fingerprint density at radius 2 is 2.10 bits per heavy atom. The third kappa shape index (κ3) is 2.22. The highest BCUT2D eigenvalue weighted by Gasteiger charge is 2.21. The smallest absolute Gasteiger partial charge is 0.322 e. The molecule has 5 nitrogen and oxygen atoms in total. The van der Waals surface area contributed by atoms with Gasteiger partial charge >= 0.3 is 5.97 Å². The summed E-state index contributed by atoms with van der Waals surface area (Å²) in [7, 11) is 3.43. The Balaban J connectivity index is 2.09. The zero-order chi connectivity index (χ0) is 15.1. The molecule has 2 heterocycles. The van der Waals surface area contributed by atoms with E-state index in [1.807, 2.05) is 0 Å². The van der Waals surface area contributed by atoms with Crippen LogP contribution in [0.1, 0.15) is 22.4 Å². The summed E-state index contributed by atoms with van der Waals surface area (Å²) in [5.41, 5.74) is 12.1. The number of benzene rings is 1. The van der Waals surface area contributed by atoms with Crippen LogP contribution in [-0.2, 0) is 36.1 Å². The van der Waals surface area contributed by atoms with E-state index >= 15 is 0 Å². The van der Waals surface area contributed by atoms with Gasteiger partial charge in [0.1, 0.15) is 6.04 Å². The number of hydrogen-bond donors (Lipinski definition) is 2. The number of aromatic nitrogens is 1. The number of carbonyl (C=O) groups excluding carboxylic acids is 1. The fourth-order valence-electron chi connectivity index (χ4n) is 3.15. The molecule has 3 rings (SSSR count). The fourth-order valence-corrected chi connectivity index (χ4v) is 3.15. The van der Waals surface area contributed by atoms with Crippen LogP contribution in [0.25, 0.3) is 10.9 Å². The zero-order valence-electron chi connectivity index (χ0n) is 12.7. The van der Waals surface area contributed by atoms with Crippen LogP contribution < -0.4 is 11.1 Å². The summed E-state index contributed by atoms with van der Waals surface area (Å²) in [6, 6.07) is 3.85. The maximum Gasteiger partial charge on any atom is 0.322 e. The summed E-state index contributed by atoms with van der Waals surface area (Å²) >= 11 is 0. The number of nitrogens with two attached hydrogens (primary N) is 1. The lowest BCUT2D eigenvalue weighted by atomic mass is 10.00. The van der Waals surface area contributed by atoms with Gasteiger partial charge in [0, 0.05) is 43.2 Å². The number of hydrogen-bond acceptors (Lipinski definition) is 4. The van der Waals surface area contributed by atoms with E-state index in [1.165, 1.54) is 29.1 Å². The molecule has 3 N–H and O–H groups in total. The fraction of sp³-hybridized carbons (Fsp3) is 0.438. The van der Waals surface area contributed by atoms with Gasteiger partial charge in [0.05, 0.1) is 7.11 Å². The molecule has 1 aromatic heterocycles. The third-order valence-corrected chi connectivity index (χ3v) is 4.50. The Bertz CT molecular complexity index is 718. The highest BCUT2D eigenvalue weighted by Crippen LogP contribution is 2.30. The molecule has 21 heavy (non-hydrogen) atoms. The van der Waals surface area contributed by atoms with Crippen molar-refractivity contribution in [3.63, 3.8) is 0 Å². The maximum absolute atomic E-state index is 11.6. The lowest BCUT2D eigenvalue weighted by Crippen LogP contribution is -2.33. The molecule has 5 heteroatoms. The first-order valence-electron chi connectivity index (χ1n) is 7.16. The van der Waals surface area contributed by atoms with E-state index in [9.17, 15) is 4.79 Å². The molecule has 112 valence electrons. The highest BCUT2D eigenvalue weighted by atomic mass is 16.5. The number of rotatable bonds is 3. The van der Waals surface area contributed by atoms with Crippen molar-refractivity contribution < 1.29 is 9.53 Å². The van der Waals surface area contributed by atoms with Gasteiger partial charge < -0.3 is 20.4 Å². The molecule has 1 atom stereocenters. The summed E-state index contributed by atoms with van der Waals surface area (Å²) in [5.74, 6) is -0.366. The van der Waals surface area contributed by atoms with Gasteiger partial charge in [-0.2, -0.15) is 0 Å². The molecule has 0 amide bonds. The Hall–Kier alpha value is -1.85. The van der Waals surface area contributed by atoms with Crippen molar-refractivity contribution in [2.45, 2.75) is 32.5 Å². The first-order valence-corrected chi connectivity index (χ1v) is 7.16. The van der Waals surface area contributed by atoms with Crippen molar-refractivity contribution in [1.82, 2.24) is 9.88 Å². The van der Waals surface area contributed by atoms with Gasteiger partial charge in [0.25, 0.3) is 0 Å². The number of nitrogens with zero attached hydrogens (tertiary/aromatic N) is 1. The topological polar surface area (TPSA) is 69.3 Å². The molecule has 1 aliphatic heterocycles. The Kier molecular flexibility index (Phi) is 3.47. The van der Waals surface area contributed by atoms with E-state index < -0.39 is 6.04 Å². The van der Waals surface area contributed by atoms with Gasteiger partial charge in [-0.3, -0.25) is 4.79 Å². The minimum atomic E-state index is -0.620. The molecule has 0 radical (unpaired) electrons. The average Bonchev–Trinajstić information content (AvgIpc) is 3.03. The molecular weight excluding hydrogens is 266 g/mol. The van der Waals surface area contributed by atoms with Crippen LogP contribution in [0.4, 0.5) is 0 Å². The second kappa shape index (κ2) is 5.16. The van der Waals surface area contributed by atoms with Gasteiger partial charge in [-0.05, 0) is 35.7 Å². The first-order chi connectivity index (χ1) is 10.0. The largest absolute Gasteiger partial charge is 0.468 e. The van der Waals surface area contributed by atoms with Crippen LogP contribution in [-0.4, -0.2) is 23.7 Å². The highest BCUT2D eigenvalue weighted by molar-refractivity contribution is 5.88. The van der Waals surface area contributed by atoms with Crippen LogP contribution in [0, 0.1) is 6.92 Å². The number of esters is 1. The number of aryl methyl sites for hydroxylation is 1. The Morgan fingerprint density at radius 3 is 2.76 bits per heavy atom. The van der Waals surface area contributed by atoms with E-state index in [0.29, 0.717) is 6.42 Å². The minimum absolute atomic E-state index is 0.366. The summed E-state index contributed by atoms with van der Waals surface area (Å²) in [4.78, 5) is 11.6. The zero-order valence-corrected chi connectivity index (χ0v) is 12.7. The number of ether oxygens (including phenoxy) is 1. The molecule has 1 aliphatic rings. The quantitative estimate of drug-likeness (QED) is 0.830. The third-order valence-electron chi connectivity index (χ3n) is 4.50. The Morgan fingerprint density at radius 1 is 1.43 bits per heavy atom. The van der Waals surface area contributed by atoms with Gasteiger partial charge in [-0.25, -0.2) is 0 Å². The van der Waals surface area contributed by atoms with Crippen molar-refractivity contribution in [2.75, 3.05) is 7.11 Å². The van der Waals surface area contributed by atoms with Crippen LogP contribution in [0.15, 0.2) is 12.1 Å². The number of nitrogens with one attached hydrogen (secondary N) is 1. The van der Waals surface area contributed by atoms with Crippen LogP contribution in [0.3, 0.4) is 0 Å². The molecular formula is C16H21N3O2. The van der Waals surface area contributed by atoms with E-state index in [1.54, 1.807) is 0 Å². The van der Waals surface area contributed by atoms with Crippen molar-refractivity contribution in [1.29, 1.82) is 0 Å². The first kappa shape index (κ1) is 14.1. The Labute approximate surface area is 124 Å². The molecule has 0 spiro atoms. The van der Waals surface area contributed by atoms with Gasteiger partial charge in [-0.15, -0.1) is 0 Å². The van der Waals surface area contributed by atoms with Crippen LogP contribution >= 0.6 is 0 Å². The van der Waals surface area contributed by atoms with Gasteiger partial charge in [0.2, 0.25) is 0 Å². The number of methoxy groups -OCH3 is 1. The summed E-state index contributed by atoms with van der Waals surface area (Å²) in [6.07, 6.45) is 0.502. The SMILES string of the molecule is COC(=O)C(N)Cc1c(C)n(C)c2cc3c(cc12)CNC3. The van der Waals surface area contributed by atoms with Crippen molar-refractivity contribution >= 4 is 16.9 Å². The lowest BCUT2D eigenvalue weighted by Gasteiger charge is -2.10. The minimum Gasteiger partial charge on any atom is -0.468 e. The van der Waals surface area contributed by atoms with Crippen LogP contribution in [0.5, 0.6) is 0 Å². The van der Waals surface area contributed by atoms with E-state index in [-0.39, 0.29) is 5.97 Å². The van der Waals surface area contributed by atoms with Crippen molar-refractivity contribution in [2.24, 2.45) is 12.8 Å². The second-order valence-corrected chi connectivity index (χ2v) is 5.70. The second-order valence-electron chi connectivity index (χ2n) is 5.70. The van der Waals surface area contributed by atoms with Crippen molar-refractivity contribution in [3.8, 4) is 0 Å². The van der Waals surface area contributed by atoms with E-state index in [4.69, 9.17) is 10.5 Å². The molecule has 0 fully saturated rings. The standard InChI is InChI=1S/C16H21N3O2/c1-9-12(6-14(17)16(20)21-3)13-4-10-7-18-8-11(10)5-15(13)19(9)2/h4-5,14,18H,6-8,17H2,1-3H3. The molecule has 0 saturated heterocycles. The maximum atomic E-state index is 11.6. The lowest BCUT2D eigenvalue weighted by molar-refractivity contribution is -0.142. The number of fused-ring (bicyclic) bond motifs is 2. The normalized spacial score (nSPS) is 15.2. The monoisotopic (exact) mass is 287 g/mol. The summed E-state index contributed by atoms with van der Waals surface area (Å²) < 4.78 is 6.91. The van der Waals surface area contributed by atoms with Gasteiger partial charge in [0.15, 0.2) is 0 Å². The predicted octanol–water partition coefficient (Wildman–Crippen LogP) is 1.13. The van der Waals surface area contributed by atoms with Crippen molar-refractivity contribution in [3.05, 3.63) is 34.5 Å². The number of carbonyl (C=O) groups is 1.